The average molecular weight is 279 g/mol. The van der Waals surface area contributed by atoms with E-state index in [1.54, 1.807) is 0 Å². The van der Waals surface area contributed by atoms with Gasteiger partial charge >= 0.3 is 0 Å². The van der Waals surface area contributed by atoms with Crippen LogP contribution in [0.5, 0.6) is 0 Å². The molecule has 1 fully saturated rings. The Balaban J connectivity index is 1.78. The Morgan fingerprint density at radius 2 is 1.85 bits per heavy atom. The van der Waals surface area contributed by atoms with Gasteiger partial charge in [-0.3, -0.25) is 14.6 Å². The zero-order valence-electron chi connectivity index (χ0n) is 12.7. The summed E-state index contributed by atoms with van der Waals surface area (Å²) in [6.45, 7) is 8.42. The lowest BCUT2D eigenvalue weighted by Gasteiger charge is -2.36. The maximum Gasteiger partial charge on any atom is 0.178 e. The number of hydrogen-bond acceptors (Lipinski definition) is 4. The van der Waals surface area contributed by atoms with E-state index >= 15 is 0 Å². The van der Waals surface area contributed by atoms with Crippen LogP contribution in [0.2, 0.25) is 0 Å². The molecule has 0 saturated carbocycles. The summed E-state index contributed by atoms with van der Waals surface area (Å²) in [4.78, 5) is 16.6. The second-order valence-electron chi connectivity index (χ2n) is 6.35. The third-order valence-electron chi connectivity index (χ3n) is 3.60. The highest BCUT2D eigenvalue weighted by atomic mass is 16.3. The van der Waals surface area contributed by atoms with Gasteiger partial charge in [0.2, 0.25) is 0 Å². The maximum absolute atomic E-state index is 12.1. The molecular weight excluding hydrogens is 254 g/mol. The third-order valence-corrected chi connectivity index (χ3v) is 3.60. The topological polar surface area (TPSA) is 48.7 Å². The minimum Gasteiger partial charge on any atom is -0.389 e. The van der Waals surface area contributed by atoms with E-state index in [9.17, 15) is 9.90 Å². The Hall–Kier alpha value is -1.17. The zero-order chi connectivity index (χ0) is 14.8. The maximum atomic E-state index is 12.1. The molecule has 1 N–H and O–H groups in total. The van der Waals surface area contributed by atoms with E-state index in [4.69, 9.17) is 0 Å². The van der Waals surface area contributed by atoms with E-state index in [-0.39, 0.29) is 5.78 Å². The highest BCUT2D eigenvalue weighted by Crippen LogP contribution is 2.10. The van der Waals surface area contributed by atoms with Crippen molar-refractivity contribution in [3.05, 3.63) is 24.0 Å². The number of carbonyl (C=O) groups excluding carboxylic acids is 1. The highest BCUT2D eigenvalue weighted by molar-refractivity contribution is 5.97. The largest absolute Gasteiger partial charge is 0.389 e. The number of carbonyl (C=O) groups is 1. The Morgan fingerprint density at radius 3 is 2.35 bits per heavy atom. The molecule has 0 bridgehead atoms. The van der Waals surface area contributed by atoms with Gasteiger partial charge in [-0.1, -0.05) is 0 Å². The molecule has 2 rings (SSSR count). The highest BCUT2D eigenvalue weighted by Gasteiger charge is 2.23. The molecule has 1 aliphatic heterocycles. The van der Waals surface area contributed by atoms with Crippen molar-refractivity contribution in [3.63, 3.8) is 0 Å². The van der Waals surface area contributed by atoms with Gasteiger partial charge in [-0.05, 0) is 19.9 Å². The summed E-state index contributed by atoms with van der Waals surface area (Å²) in [6.07, 6.45) is 3.77. The molecule has 1 saturated heterocycles. The normalized spacial score (nSPS) is 18.4. The predicted molar refractivity (Wildman–Crippen MR) is 78.9 cm³/mol. The first-order chi connectivity index (χ1) is 9.33. The first-order valence-corrected chi connectivity index (χ1v) is 7.16. The molecule has 0 atom stereocenters. The van der Waals surface area contributed by atoms with Crippen molar-refractivity contribution in [1.29, 1.82) is 0 Å². The van der Waals surface area contributed by atoms with Gasteiger partial charge in [0, 0.05) is 57.7 Å². The van der Waals surface area contributed by atoms with Crippen molar-refractivity contribution in [2.24, 2.45) is 7.05 Å². The summed E-state index contributed by atoms with van der Waals surface area (Å²) in [6, 6.07) is 1.87. The van der Waals surface area contributed by atoms with Gasteiger partial charge in [0.25, 0.3) is 0 Å². The summed E-state index contributed by atoms with van der Waals surface area (Å²) in [5.41, 5.74) is 0.133. The fourth-order valence-electron chi connectivity index (χ4n) is 2.62. The summed E-state index contributed by atoms with van der Waals surface area (Å²) >= 11 is 0. The van der Waals surface area contributed by atoms with Gasteiger partial charge in [0.1, 0.15) is 0 Å². The van der Waals surface area contributed by atoms with Crippen molar-refractivity contribution in [2.75, 3.05) is 39.3 Å². The summed E-state index contributed by atoms with van der Waals surface area (Å²) < 4.78 is 1.90. The molecule has 0 amide bonds. The van der Waals surface area contributed by atoms with Gasteiger partial charge in [0.05, 0.1) is 12.1 Å². The van der Waals surface area contributed by atoms with Crippen LogP contribution in [0.1, 0.15) is 24.2 Å². The van der Waals surface area contributed by atoms with Crippen LogP contribution in [0, 0.1) is 0 Å². The molecule has 0 aromatic carbocycles. The molecule has 0 aliphatic carbocycles. The number of aryl methyl sites for hydroxylation is 1. The van der Waals surface area contributed by atoms with E-state index in [2.05, 4.69) is 9.80 Å². The minimum absolute atomic E-state index is 0.182. The lowest BCUT2D eigenvalue weighted by Crippen LogP contribution is -2.51. The van der Waals surface area contributed by atoms with Crippen LogP contribution in [0.4, 0.5) is 0 Å². The summed E-state index contributed by atoms with van der Waals surface area (Å²) in [5.74, 6) is 0.182. The Morgan fingerprint density at radius 1 is 1.25 bits per heavy atom. The monoisotopic (exact) mass is 279 g/mol. The van der Waals surface area contributed by atoms with Crippen molar-refractivity contribution in [1.82, 2.24) is 14.4 Å². The molecule has 1 aliphatic rings. The van der Waals surface area contributed by atoms with Crippen molar-refractivity contribution >= 4 is 5.78 Å². The molecule has 1 aromatic rings. The Kier molecular flexibility index (Phi) is 4.62. The van der Waals surface area contributed by atoms with Crippen LogP contribution >= 0.6 is 0 Å². The van der Waals surface area contributed by atoms with Crippen LogP contribution in [0.3, 0.4) is 0 Å². The number of Topliss-reactive ketones (excluding diaryl/α,β-unsaturated/α-hetero) is 1. The quantitative estimate of drug-likeness (QED) is 0.802. The van der Waals surface area contributed by atoms with Gasteiger partial charge in [-0.2, -0.15) is 0 Å². The number of β-amino-alcohol motifs (C(OH)–C–C–N with tert-alkyl or cyclic N) is 1. The Bertz CT molecular complexity index is 454. The van der Waals surface area contributed by atoms with Gasteiger partial charge < -0.3 is 9.67 Å². The van der Waals surface area contributed by atoms with Gasteiger partial charge in [-0.25, -0.2) is 0 Å². The summed E-state index contributed by atoms with van der Waals surface area (Å²) in [5, 5.41) is 9.82. The first kappa shape index (κ1) is 15.2. The van der Waals surface area contributed by atoms with Crippen molar-refractivity contribution in [3.8, 4) is 0 Å². The minimum atomic E-state index is -0.651. The molecule has 5 heteroatoms. The molecule has 2 heterocycles. The number of hydrogen-bond donors (Lipinski definition) is 1. The molecule has 0 radical (unpaired) electrons. The standard InChI is InChI=1S/C15H25N3O2/c1-15(2,20)12-18-8-6-17(7-9-18)11-14(19)13-4-5-16(3)10-13/h4-5,10,20H,6-9,11-12H2,1-3H3. The molecule has 112 valence electrons. The van der Waals surface area contributed by atoms with E-state index in [0.717, 1.165) is 31.7 Å². The van der Waals surface area contributed by atoms with Crippen LogP contribution in [-0.2, 0) is 7.05 Å². The van der Waals surface area contributed by atoms with Crippen molar-refractivity contribution < 1.29 is 9.90 Å². The van der Waals surface area contributed by atoms with Crippen LogP contribution in [-0.4, -0.2) is 70.1 Å². The molecule has 5 nitrogen and oxygen atoms in total. The average Bonchev–Trinajstić information content (AvgIpc) is 2.77. The smallest absolute Gasteiger partial charge is 0.178 e. The molecule has 1 aromatic heterocycles. The zero-order valence-corrected chi connectivity index (χ0v) is 12.7. The van der Waals surface area contributed by atoms with Crippen LogP contribution in [0.15, 0.2) is 18.5 Å². The number of aromatic nitrogens is 1. The fourth-order valence-corrected chi connectivity index (χ4v) is 2.62. The van der Waals surface area contributed by atoms with E-state index in [0.29, 0.717) is 13.1 Å². The van der Waals surface area contributed by atoms with Crippen LogP contribution < -0.4 is 0 Å². The second kappa shape index (κ2) is 6.08. The van der Waals surface area contributed by atoms with Crippen molar-refractivity contribution in [2.45, 2.75) is 19.4 Å². The van der Waals surface area contributed by atoms with Gasteiger partial charge in [0.15, 0.2) is 5.78 Å². The third kappa shape index (κ3) is 4.44. The number of ketones is 1. The number of nitrogens with zero attached hydrogens (tertiary/aromatic N) is 3. The second-order valence-corrected chi connectivity index (χ2v) is 6.35. The molecular formula is C15H25N3O2. The lowest BCUT2D eigenvalue weighted by molar-refractivity contribution is 0.0179. The number of rotatable bonds is 5. The van der Waals surface area contributed by atoms with Gasteiger partial charge in [-0.15, -0.1) is 0 Å². The van der Waals surface area contributed by atoms with E-state index < -0.39 is 5.60 Å². The molecule has 0 spiro atoms. The Labute approximate surface area is 120 Å². The fraction of sp³-hybridized carbons (Fsp3) is 0.667. The van der Waals surface area contributed by atoms with Crippen LogP contribution in [0.25, 0.3) is 0 Å². The van der Waals surface area contributed by atoms with E-state index in [1.807, 2.05) is 43.9 Å². The number of aliphatic hydroxyl groups is 1. The molecule has 20 heavy (non-hydrogen) atoms. The number of piperazine rings is 1. The molecule has 0 unspecified atom stereocenters. The first-order valence-electron chi connectivity index (χ1n) is 7.16. The summed E-state index contributed by atoms with van der Waals surface area (Å²) in [7, 11) is 1.92. The SMILES string of the molecule is Cn1ccc(C(=O)CN2CCN(CC(C)(C)O)CC2)c1. The predicted octanol–water partition coefficient (Wildman–Crippen LogP) is 0.596. The lowest BCUT2D eigenvalue weighted by atomic mass is 10.1. The van der Waals surface area contributed by atoms with E-state index in [1.165, 1.54) is 0 Å².